The summed E-state index contributed by atoms with van der Waals surface area (Å²) < 4.78 is 89.5. The summed E-state index contributed by atoms with van der Waals surface area (Å²) in [5, 5.41) is 7.66. The maximum atomic E-state index is 13.5. The summed E-state index contributed by atoms with van der Waals surface area (Å²) in [4.78, 5) is 14.7. The molecule has 3 aromatic heterocycles. The molecule has 16 heteroatoms. The summed E-state index contributed by atoms with van der Waals surface area (Å²) >= 11 is 14.4. The van der Waals surface area contributed by atoms with Crippen LogP contribution in [0.15, 0.2) is 59.5 Å². The minimum Gasteiger partial charge on any atom is -0.481 e. The molecule has 252 valence electrons. The third kappa shape index (κ3) is 7.82. The summed E-state index contributed by atoms with van der Waals surface area (Å²) in [5.41, 5.74) is 1.09. The fourth-order valence-electron chi connectivity index (χ4n) is 5.92. The number of nitrogens with zero attached hydrogens (tertiary/aromatic N) is 8. The number of aryl methyl sites for hydroxylation is 2. The normalized spacial score (nSPS) is 20.7. The van der Waals surface area contributed by atoms with Gasteiger partial charge < -0.3 is 19.1 Å². The van der Waals surface area contributed by atoms with Gasteiger partial charge in [-0.1, -0.05) is 23.2 Å². The number of aromatic nitrogens is 7. The number of methoxy groups -OCH3 is 1. The van der Waals surface area contributed by atoms with E-state index in [4.69, 9.17) is 45.6 Å². The highest BCUT2D eigenvalue weighted by Gasteiger charge is 2.42. The molecule has 0 spiro atoms. The number of pyridine rings is 1. The summed E-state index contributed by atoms with van der Waals surface area (Å²) in [5.74, 6) is 1.36. The molecule has 7 rings (SSSR count). The van der Waals surface area contributed by atoms with Crippen LogP contribution < -0.4 is 19.1 Å². The summed E-state index contributed by atoms with van der Waals surface area (Å²) in [6.07, 6.45) is 4.52. The third-order valence-electron chi connectivity index (χ3n) is 8.11. The molecule has 4 heterocycles. The van der Waals surface area contributed by atoms with Crippen molar-refractivity contribution in [1.82, 2.24) is 34.5 Å². The topological polar surface area (TPSA) is 105 Å². The van der Waals surface area contributed by atoms with Crippen LogP contribution in [0.1, 0.15) is 26.9 Å². The second kappa shape index (κ2) is 14.6. The highest BCUT2D eigenvalue weighted by Crippen LogP contribution is 2.44. The van der Waals surface area contributed by atoms with Gasteiger partial charge in [-0.25, -0.2) is 23.1 Å². The zero-order valence-corrected chi connectivity index (χ0v) is 28.3. The average Bonchev–Trinajstić information content (AvgIpc) is 3.76. The van der Waals surface area contributed by atoms with E-state index in [2.05, 4.69) is 46.0 Å². The summed E-state index contributed by atoms with van der Waals surface area (Å²) in [6.45, 7) is -3.33. The lowest BCUT2D eigenvalue weighted by Crippen LogP contribution is -2.42. The van der Waals surface area contributed by atoms with Gasteiger partial charge in [-0.3, -0.25) is 0 Å². The smallest absolute Gasteiger partial charge is 0.321 e. The second-order valence-electron chi connectivity index (χ2n) is 11.1. The van der Waals surface area contributed by atoms with Gasteiger partial charge in [-0.2, -0.15) is 15.1 Å². The Kier molecular flexibility index (Phi) is 8.19. The van der Waals surface area contributed by atoms with Crippen molar-refractivity contribution < 1.29 is 31.2 Å². The number of benzene rings is 2. The zero-order chi connectivity index (χ0) is 38.9. The summed E-state index contributed by atoms with van der Waals surface area (Å²) in [7, 11) is 1.61. The highest BCUT2D eigenvalue weighted by atomic mass is 79.9. The van der Waals surface area contributed by atoms with Gasteiger partial charge in [-0.05, 0) is 76.9 Å². The first-order chi connectivity index (χ1) is 25.5. The van der Waals surface area contributed by atoms with Gasteiger partial charge in [-0.15, -0.1) is 5.10 Å². The van der Waals surface area contributed by atoms with Crippen molar-refractivity contribution in [2.45, 2.75) is 19.3 Å². The van der Waals surface area contributed by atoms with Crippen LogP contribution >= 0.6 is 39.1 Å². The van der Waals surface area contributed by atoms with E-state index in [0.717, 1.165) is 48.4 Å². The number of halogens is 5. The molecule has 48 heavy (non-hydrogen) atoms. The van der Waals surface area contributed by atoms with Gasteiger partial charge in [0.15, 0.2) is 5.82 Å². The minimum absolute atomic E-state index is 0.0619. The molecule has 5 aromatic rings. The van der Waals surface area contributed by atoms with Crippen LogP contribution in [0, 0.1) is 29.4 Å². The molecule has 3 atom stereocenters. The number of hydrogen-bond acceptors (Lipinski definition) is 9. The molecule has 1 aliphatic carbocycles. The number of fused-ring (bicyclic) bond motifs is 2. The predicted molar refractivity (Wildman–Crippen MR) is 179 cm³/mol. The molecule has 0 radical (unpaired) electrons. The van der Waals surface area contributed by atoms with Crippen molar-refractivity contribution in [3.8, 4) is 29.4 Å². The molecule has 11 nitrogen and oxygen atoms in total. The van der Waals surface area contributed by atoms with Crippen LogP contribution in [0.25, 0.3) is 0 Å². The Morgan fingerprint density at radius 1 is 0.875 bits per heavy atom. The average molecular weight is 770 g/mol. The first-order valence-electron chi connectivity index (χ1n) is 17.6. The Morgan fingerprint density at radius 2 is 1.48 bits per heavy atom. The van der Waals surface area contributed by atoms with Crippen molar-refractivity contribution in [3.63, 3.8) is 0 Å². The van der Waals surface area contributed by atoms with Crippen LogP contribution in [0.4, 0.5) is 14.5 Å². The Morgan fingerprint density at radius 3 is 2.06 bits per heavy atom. The van der Waals surface area contributed by atoms with Crippen molar-refractivity contribution in [3.05, 3.63) is 87.0 Å². The number of piperidine rings is 1. The molecule has 0 amide bonds. The number of ether oxygens (including phenoxy) is 3. The number of hydrogen-bond donors (Lipinski definition) is 0. The number of rotatable bonds is 8. The largest absolute Gasteiger partial charge is 0.481 e. The molecule has 1 saturated heterocycles. The van der Waals surface area contributed by atoms with Gasteiger partial charge in [0, 0.05) is 71.8 Å². The van der Waals surface area contributed by atoms with E-state index < -0.39 is 25.6 Å². The monoisotopic (exact) mass is 768 g/mol. The molecule has 2 bridgehead atoms. The van der Waals surface area contributed by atoms with Gasteiger partial charge >= 0.3 is 12.0 Å². The zero-order valence-electron chi connectivity index (χ0n) is 31.2. The molecule has 1 aliphatic heterocycles. The van der Waals surface area contributed by atoms with E-state index >= 15 is 0 Å². The van der Waals surface area contributed by atoms with E-state index in [0.29, 0.717) is 40.6 Å². The van der Waals surface area contributed by atoms with Gasteiger partial charge in [0.05, 0.1) is 17.2 Å². The molecular formula is C32H31BrCl2F2N8O3. The Hall–Kier alpha value is -4.01. The van der Waals surface area contributed by atoms with Crippen LogP contribution in [0.2, 0.25) is 10.0 Å². The van der Waals surface area contributed by atoms with E-state index in [9.17, 15) is 8.78 Å². The molecule has 0 N–H and O–H groups in total. The molecule has 1 saturated carbocycles. The fraction of sp³-hybridized carbons (Fsp3) is 0.344. The maximum Gasteiger partial charge on any atom is 0.321 e. The van der Waals surface area contributed by atoms with E-state index in [1.54, 1.807) is 13.3 Å². The summed E-state index contributed by atoms with van der Waals surface area (Å²) in [6, 6.07) is 10.9. The van der Waals surface area contributed by atoms with Crippen LogP contribution in [0.3, 0.4) is 0 Å². The quantitative estimate of drug-likeness (QED) is 0.157. The molecule has 1 unspecified atom stereocenters. The van der Waals surface area contributed by atoms with E-state index in [-0.39, 0.29) is 38.3 Å². The van der Waals surface area contributed by atoms with Crippen LogP contribution in [0.5, 0.6) is 29.4 Å². The van der Waals surface area contributed by atoms with E-state index in [1.807, 2.05) is 12.1 Å². The van der Waals surface area contributed by atoms with Gasteiger partial charge in [0.2, 0.25) is 10.6 Å². The van der Waals surface area contributed by atoms with Crippen molar-refractivity contribution in [2.24, 2.45) is 31.7 Å². The van der Waals surface area contributed by atoms with Crippen LogP contribution in [-0.2, 0) is 20.4 Å². The fourth-order valence-corrected chi connectivity index (χ4v) is 6.57. The first kappa shape index (κ1) is 26.9. The Bertz CT molecular complexity index is 2110. The van der Waals surface area contributed by atoms with Crippen molar-refractivity contribution in [1.29, 1.82) is 0 Å². The molecule has 2 fully saturated rings. The highest BCUT2D eigenvalue weighted by molar-refractivity contribution is 9.10. The van der Waals surface area contributed by atoms with Crippen LogP contribution in [-0.4, -0.2) is 54.7 Å². The Balaban J connectivity index is 0.000000221. The SMILES string of the molecule is [2H]C([2H])([2H])n1nc(Br)nc1Oc1ccc(F)c(Cl)c1.[2H]C([2H])([2H])n1nc(CC2[C@@H]3CC[C@H]2CN(c2ccnc(OC)c2)C3)nc1Oc1ccc(F)c(Cl)c1. The second-order valence-corrected chi connectivity index (χ2v) is 12.6. The lowest BCUT2D eigenvalue weighted by atomic mass is 9.82. The van der Waals surface area contributed by atoms with E-state index in [1.165, 1.54) is 24.3 Å². The molecular weight excluding hydrogens is 733 g/mol. The first-order valence-corrected chi connectivity index (χ1v) is 16.1. The molecule has 2 aromatic carbocycles. The van der Waals surface area contributed by atoms with Gasteiger partial charge in [0.25, 0.3) is 0 Å². The minimum atomic E-state index is -2.58. The van der Waals surface area contributed by atoms with Crippen molar-refractivity contribution >= 4 is 44.8 Å². The maximum absolute atomic E-state index is 13.5. The Labute approximate surface area is 302 Å². The number of anilines is 1. The predicted octanol–water partition coefficient (Wildman–Crippen LogP) is 7.67. The standard InChI is InChI=1S/C23H25ClFN5O2.C9H6BrClFN3O/c1-29-23(32-17-5-6-20(25)19(24)10-17)27-21(28-29)11-18-14-3-4-15(18)13-30(12-14)16-7-8-26-22(9-16)31-2;1-15-9(13-8(10)14-15)16-5-2-3-7(12)6(11)4-5/h5-10,14-15,18H,3-4,11-13H2,1-2H3;2-4H,1H3/t14-,15+,18?;/i2*1D3. The third-order valence-corrected chi connectivity index (χ3v) is 9.03. The molecule has 2 aliphatic rings. The lowest BCUT2D eigenvalue weighted by molar-refractivity contribution is 0.265. The van der Waals surface area contributed by atoms with Crippen molar-refractivity contribution in [2.75, 3.05) is 25.1 Å². The lowest BCUT2D eigenvalue weighted by Gasteiger charge is -2.39. The van der Waals surface area contributed by atoms with Gasteiger partial charge in [0.1, 0.15) is 23.1 Å².